The standard InChI is InChI=1S/C16H23NO3/c1-4-18-13-9-8-12(11-15(13)19-5-2)16(17-3)14-7-6-10-20-14/h7-9,11,16-17H,4-6,10H2,1-3H3. The molecule has 1 unspecified atom stereocenters. The molecular weight excluding hydrogens is 254 g/mol. The molecule has 1 N–H and O–H groups in total. The summed E-state index contributed by atoms with van der Waals surface area (Å²) in [6.07, 6.45) is 3.11. The van der Waals surface area contributed by atoms with Gasteiger partial charge < -0.3 is 19.5 Å². The Kier molecular flexibility index (Phi) is 5.30. The van der Waals surface area contributed by atoms with Gasteiger partial charge in [0.15, 0.2) is 11.5 Å². The average molecular weight is 277 g/mol. The van der Waals surface area contributed by atoms with E-state index in [4.69, 9.17) is 14.2 Å². The van der Waals surface area contributed by atoms with E-state index in [1.54, 1.807) is 0 Å². The van der Waals surface area contributed by atoms with Crippen LogP contribution in [-0.4, -0.2) is 26.9 Å². The molecule has 0 aromatic heterocycles. The zero-order valence-electron chi connectivity index (χ0n) is 12.4. The number of hydrogen-bond acceptors (Lipinski definition) is 4. The topological polar surface area (TPSA) is 39.7 Å². The van der Waals surface area contributed by atoms with Gasteiger partial charge >= 0.3 is 0 Å². The molecule has 2 rings (SSSR count). The molecule has 0 aliphatic carbocycles. The molecule has 0 saturated carbocycles. The Morgan fingerprint density at radius 1 is 1.20 bits per heavy atom. The van der Waals surface area contributed by atoms with Crippen LogP contribution in [0, 0.1) is 0 Å². The highest BCUT2D eigenvalue weighted by Gasteiger charge is 2.20. The largest absolute Gasteiger partial charge is 0.496 e. The van der Waals surface area contributed by atoms with E-state index in [-0.39, 0.29) is 6.04 Å². The van der Waals surface area contributed by atoms with E-state index in [1.165, 1.54) is 0 Å². The van der Waals surface area contributed by atoms with Crippen LogP contribution < -0.4 is 14.8 Å². The van der Waals surface area contributed by atoms with Crippen molar-refractivity contribution in [1.29, 1.82) is 0 Å². The van der Waals surface area contributed by atoms with Gasteiger partial charge in [0.1, 0.15) is 5.76 Å². The fourth-order valence-corrected chi connectivity index (χ4v) is 2.36. The third-order valence-electron chi connectivity index (χ3n) is 3.21. The zero-order valence-corrected chi connectivity index (χ0v) is 12.4. The second kappa shape index (κ2) is 7.20. The van der Waals surface area contributed by atoms with Crippen LogP contribution in [0.15, 0.2) is 30.0 Å². The lowest BCUT2D eigenvalue weighted by molar-refractivity contribution is 0.217. The lowest BCUT2D eigenvalue weighted by Gasteiger charge is -2.20. The van der Waals surface area contributed by atoms with Gasteiger partial charge in [-0.1, -0.05) is 6.07 Å². The predicted molar refractivity (Wildman–Crippen MR) is 79.2 cm³/mol. The zero-order chi connectivity index (χ0) is 14.4. The van der Waals surface area contributed by atoms with Crippen molar-refractivity contribution in [3.63, 3.8) is 0 Å². The van der Waals surface area contributed by atoms with Crippen molar-refractivity contribution in [2.75, 3.05) is 26.9 Å². The third-order valence-corrected chi connectivity index (χ3v) is 3.21. The maximum Gasteiger partial charge on any atom is 0.161 e. The summed E-state index contributed by atoms with van der Waals surface area (Å²) in [6, 6.07) is 6.10. The Balaban J connectivity index is 2.28. The molecule has 0 saturated heterocycles. The van der Waals surface area contributed by atoms with Crippen molar-refractivity contribution in [3.8, 4) is 11.5 Å². The highest BCUT2D eigenvalue weighted by atomic mass is 16.5. The van der Waals surface area contributed by atoms with Gasteiger partial charge in [0, 0.05) is 6.42 Å². The van der Waals surface area contributed by atoms with Crippen molar-refractivity contribution in [3.05, 3.63) is 35.6 Å². The number of nitrogens with one attached hydrogen (secondary N) is 1. The van der Waals surface area contributed by atoms with Crippen LogP contribution in [0.5, 0.6) is 11.5 Å². The van der Waals surface area contributed by atoms with E-state index in [0.29, 0.717) is 13.2 Å². The summed E-state index contributed by atoms with van der Waals surface area (Å²) in [7, 11) is 1.93. The van der Waals surface area contributed by atoms with Gasteiger partial charge in [-0.15, -0.1) is 0 Å². The molecule has 0 radical (unpaired) electrons. The molecule has 0 bridgehead atoms. The maximum absolute atomic E-state index is 5.67. The smallest absolute Gasteiger partial charge is 0.161 e. The molecule has 4 heteroatoms. The van der Waals surface area contributed by atoms with Crippen LogP contribution in [0.2, 0.25) is 0 Å². The minimum Gasteiger partial charge on any atom is -0.496 e. The number of likely N-dealkylation sites (N-methyl/N-ethyl adjacent to an activating group) is 1. The monoisotopic (exact) mass is 277 g/mol. The van der Waals surface area contributed by atoms with Gasteiger partial charge in [-0.2, -0.15) is 0 Å². The number of benzene rings is 1. The van der Waals surface area contributed by atoms with Gasteiger partial charge in [-0.3, -0.25) is 0 Å². The van der Waals surface area contributed by atoms with Gasteiger partial charge in [0.2, 0.25) is 0 Å². The molecule has 1 aliphatic rings. The number of hydrogen-bond donors (Lipinski definition) is 1. The lowest BCUT2D eigenvalue weighted by atomic mass is 10.0. The fourth-order valence-electron chi connectivity index (χ4n) is 2.36. The molecule has 4 nitrogen and oxygen atoms in total. The summed E-state index contributed by atoms with van der Waals surface area (Å²) < 4.78 is 16.9. The summed E-state index contributed by atoms with van der Waals surface area (Å²) in [5, 5.41) is 3.29. The van der Waals surface area contributed by atoms with Gasteiger partial charge in [-0.05, 0) is 44.7 Å². The molecular formula is C16H23NO3. The molecule has 1 aliphatic heterocycles. The first-order valence-corrected chi connectivity index (χ1v) is 7.19. The van der Waals surface area contributed by atoms with Crippen LogP contribution in [0.25, 0.3) is 0 Å². The van der Waals surface area contributed by atoms with Crippen molar-refractivity contribution >= 4 is 0 Å². The highest BCUT2D eigenvalue weighted by Crippen LogP contribution is 2.34. The Bertz CT molecular complexity index is 471. The Hall–Kier alpha value is -1.68. The summed E-state index contributed by atoms with van der Waals surface area (Å²) in [5.41, 5.74) is 1.12. The van der Waals surface area contributed by atoms with Crippen molar-refractivity contribution < 1.29 is 14.2 Å². The van der Waals surface area contributed by atoms with Crippen LogP contribution in [0.4, 0.5) is 0 Å². The van der Waals surface area contributed by atoms with E-state index in [9.17, 15) is 0 Å². The predicted octanol–water partition coefficient (Wildman–Crippen LogP) is 3.05. The van der Waals surface area contributed by atoms with Crippen LogP contribution >= 0.6 is 0 Å². The van der Waals surface area contributed by atoms with Crippen molar-refractivity contribution in [2.24, 2.45) is 0 Å². The first-order valence-electron chi connectivity index (χ1n) is 7.19. The average Bonchev–Trinajstić information content (AvgIpc) is 2.97. The molecule has 0 spiro atoms. The summed E-state index contributed by atoms with van der Waals surface area (Å²) >= 11 is 0. The number of ether oxygens (including phenoxy) is 3. The molecule has 0 amide bonds. The Morgan fingerprint density at radius 2 is 1.95 bits per heavy atom. The molecule has 110 valence electrons. The summed E-state index contributed by atoms with van der Waals surface area (Å²) in [5.74, 6) is 2.55. The lowest BCUT2D eigenvalue weighted by Crippen LogP contribution is -2.19. The van der Waals surface area contributed by atoms with E-state index in [1.807, 2.05) is 33.0 Å². The number of rotatable bonds is 7. The Labute approximate surface area is 120 Å². The van der Waals surface area contributed by atoms with E-state index < -0.39 is 0 Å². The molecule has 20 heavy (non-hydrogen) atoms. The molecule has 1 aromatic carbocycles. The molecule has 1 atom stereocenters. The van der Waals surface area contributed by atoms with Crippen LogP contribution in [-0.2, 0) is 4.74 Å². The Morgan fingerprint density at radius 3 is 2.55 bits per heavy atom. The van der Waals surface area contributed by atoms with E-state index in [0.717, 1.165) is 35.8 Å². The van der Waals surface area contributed by atoms with E-state index >= 15 is 0 Å². The highest BCUT2D eigenvalue weighted by molar-refractivity contribution is 5.45. The second-order valence-corrected chi connectivity index (χ2v) is 4.54. The van der Waals surface area contributed by atoms with Crippen molar-refractivity contribution in [2.45, 2.75) is 26.3 Å². The minimum absolute atomic E-state index is 0.0624. The summed E-state index contributed by atoms with van der Waals surface area (Å²) in [4.78, 5) is 0. The molecule has 0 fully saturated rings. The first-order chi connectivity index (χ1) is 9.80. The SMILES string of the molecule is CCOc1ccc(C(NC)C2=CCCO2)cc1OCC. The maximum atomic E-state index is 5.67. The molecule has 1 aromatic rings. The normalized spacial score (nSPS) is 15.4. The van der Waals surface area contributed by atoms with Crippen molar-refractivity contribution in [1.82, 2.24) is 5.32 Å². The quantitative estimate of drug-likeness (QED) is 0.831. The van der Waals surface area contributed by atoms with Crippen LogP contribution in [0.3, 0.4) is 0 Å². The fraction of sp³-hybridized carbons (Fsp3) is 0.500. The molecule has 1 heterocycles. The first kappa shape index (κ1) is 14.7. The van der Waals surface area contributed by atoms with Gasteiger partial charge in [-0.25, -0.2) is 0 Å². The minimum atomic E-state index is 0.0624. The second-order valence-electron chi connectivity index (χ2n) is 4.54. The van der Waals surface area contributed by atoms with Gasteiger partial charge in [0.05, 0.1) is 25.9 Å². The van der Waals surface area contributed by atoms with E-state index in [2.05, 4.69) is 17.5 Å². The third kappa shape index (κ3) is 3.25. The van der Waals surface area contributed by atoms with Crippen LogP contribution in [0.1, 0.15) is 31.9 Å². The summed E-state index contributed by atoms with van der Waals surface area (Å²) in [6.45, 7) is 5.96. The van der Waals surface area contributed by atoms with Gasteiger partial charge in [0.25, 0.3) is 0 Å².